The third kappa shape index (κ3) is 2.69. The Kier molecular flexibility index (Phi) is 3.99. The van der Waals surface area contributed by atoms with Gasteiger partial charge >= 0.3 is 0 Å². The maximum Gasteiger partial charge on any atom is 0.173 e. The number of benzene rings is 1. The van der Waals surface area contributed by atoms with Crippen LogP contribution in [0.15, 0.2) is 30.3 Å². The first-order valence-electron chi connectivity index (χ1n) is 7.77. The summed E-state index contributed by atoms with van der Waals surface area (Å²) in [5, 5.41) is 0. The summed E-state index contributed by atoms with van der Waals surface area (Å²) < 4.78 is 0. The van der Waals surface area contributed by atoms with Crippen LogP contribution >= 0.6 is 11.3 Å². The fourth-order valence-electron chi connectivity index (χ4n) is 3.43. The van der Waals surface area contributed by atoms with Gasteiger partial charge in [0.15, 0.2) is 5.78 Å². The Bertz CT molecular complexity index is 654. The van der Waals surface area contributed by atoms with E-state index in [1.54, 1.807) is 11.3 Å². The van der Waals surface area contributed by atoms with E-state index in [0.29, 0.717) is 24.0 Å². The molecule has 2 heteroatoms. The summed E-state index contributed by atoms with van der Waals surface area (Å²) in [4.78, 5) is 15.0. The summed E-state index contributed by atoms with van der Waals surface area (Å²) in [6, 6.07) is 10.3. The molecule has 0 spiro atoms. The van der Waals surface area contributed by atoms with Crippen LogP contribution < -0.4 is 0 Å². The molecule has 0 aliphatic heterocycles. The molecule has 2 atom stereocenters. The second kappa shape index (κ2) is 5.76. The van der Waals surface area contributed by atoms with Gasteiger partial charge in [-0.2, -0.15) is 0 Å². The average Bonchev–Trinajstić information content (AvgIpc) is 2.96. The fraction of sp³-hybridized carbons (Fsp3) is 0.421. The molecule has 3 rings (SSSR count). The van der Waals surface area contributed by atoms with Gasteiger partial charge in [-0.05, 0) is 48.3 Å². The summed E-state index contributed by atoms with van der Waals surface area (Å²) in [5.74, 6) is 1.60. The molecule has 110 valence electrons. The molecule has 1 aromatic heterocycles. The number of aryl methyl sites for hydroxylation is 2. The van der Waals surface area contributed by atoms with Crippen LogP contribution in [0.2, 0.25) is 0 Å². The highest BCUT2D eigenvalue weighted by Gasteiger charge is 2.33. The Morgan fingerprint density at radius 3 is 2.67 bits per heavy atom. The minimum absolute atomic E-state index is 0.328. The minimum Gasteiger partial charge on any atom is -0.293 e. The highest BCUT2D eigenvalue weighted by molar-refractivity contribution is 7.14. The van der Waals surface area contributed by atoms with Crippen molar-refractivity contribution in [3.8, 4) is 0 Å². The van der Waals surface area contributed by atoms with E-state index in [1.807, 2.05) is 18.2 Å². The second-order valence-corrected chi connectivity index (χ2v) is 7.48. The van der Waals surface area contributed by atoms with Gasteiger partial charge in [0.2, 0.25) is 0 Å². The maximum absolute atomic E-state index is 12.6. The zero-order valence-electron chi connectivity index (χ0n) is 13.0. The quantitative estimate of drug-likeness (QED) is 0.712. The average molecular weight is 298 g/mol. The van der Waals surface area contributed by atoms with Gasteiger partial charge in [-0.1, -0.05) is 44.2 Å². The van der Waals surface area contributed by atoms with Gasteiger partial charge in [-0.25, -0.2) is 0 Å². The van der Waals surface area contributed by atoms with Crippen LogP contribution in [-0.2, 0) is 12.8 Å². The van der Waals surface area contributed by atoms with Crippen molar-refractivity contribution in [1.29, 1.82) is 0 Å². The van der Waals surface area contributed by atoms with Crippen LogP contribution in [0.1, 0.15) is 57.4 Å². The lowest BCUT2D eigenvalue weighted by Crippen LogP contribution is -2.03. The Balaban J connectivity index is 1.78. The second-order valence-electron chi connectivity index (χ2n) is 6.26. The molecule has 0 bridgehead atoms. The molecule has 0 N–H and O–H groups in total. The number of thiophene rings is 1. The third-order valence-corrected chi connectivity index (χ3v) is 6.01. The highest BCUT2D eigenvalue weighted by atomic mass is 32.1. The number of fused-ring (bicyclic) bond motifs is 1. The molecule has 1 nitrogen and oxygen atoms in total. The van der Waals surface area contributed by atoms with Crippen LogP contribution in [0.25, 0.3) is 0 Å². The highest BCUT2D eigenvalue weighted by Crippen LogP contribution is 2.45. The van der Waals surface area contributed by atoms with Crippen molar-refractivity contribution >= 4 is 17.1 Å². The van der Waals surface area contributed by atoms with E-state index in [1.165, 1.54) is 21.6 Å². The SMILES string of the molecule is Cc1sc(C(=O)CCc2ccccc2)c2c1[C@H](C)[C@H](C)C2. The van der Waals surface area contributed by atoms with Crippen LogP contribution in [0.3, 0.4) is 0 Å². The van der Waals surface area contributed by atoms with Gasteiger partial charge in [-0.15, -0.1) is 11.3 Å². The number of ketones is 1. The Morgan fingerprint density at radius 1 is 1.24 bits per heavy atom. The molecule has 0 radical (unpaired) electrons. The van der Waals surface area contributed by atoms with Gasteiger partial charge in [0.05, 0.1) is 4.88 Å². The van der Waals surface area contributed by atoms with E-state index in [9.17, 15) is 4.79 Å². The van der Waals surface area contributed by atoms with E-state index >= 15 is 0 Å². The van der Waals surface area contributed by atoms with E-state index < -0.39 is 0 Å². The normalized spacial score (nSPS) is 20.5. The lowest BCUT2D eigenvalue weighted by atomic mass is 9.96. The number of carbonyl (C=O) groups is 1. The first-order chi connectivity index (χ1) is 10.1. The van der Waals surface area contributed by atoms with Crippen LogP contribution in [0, 0.1) is 12.8 Å². The van der Waals surface area contributed by atoms with E-state index in [4.69, 9.17) is 0 Å². The first kappa shape index (κ1) is 14.5. The lowest BCUT2D eigenvalue weighted by Gasteiger charge is -2.09. The molecule has 2 aromatic rings. The molecule has 0 saturated carbocycles. The zero-order chi connectivity index (χ0) is 15.0. The van der Waals surface area contributed by atoms with Crippen molar-refractivity contribution in [2.24, 2.45) is 5.92 Å². The smallest absolute Gasteiger partial charge is 0.173 e. The molecule has 1 aliphatic carbocycles. The van der Waals surface area contributed by atoms with Crippen molar-refractivity contribution in [1.82, 2.24) is 0 Å². The fourth-order valence-corrected chi connectivity index (χ4v) is 4.68. The predicted molar refractivity (Wildman–Crippen MR) is 89.4 cm³/mol. The monoisotopic (exact) mass is 298 g/mol. The molecule has 0 unspecified atom stereocenters. The van der Waals surface area contributed by atoms with Gasteiger partial charge < -0.3 is 0 Å². The topological polar surface area (TPSA) is 17.1 Å². The van der Waals surface area contributed by atoms with E-state index in [0.717, 1.165) is 17.7 Å². The molecule has 1 heterocycles. The molecule has 1 aliphatic rings. The molecule has 1 aromatic carbocycles. The van der Waals surface area contributed by atoms with Crippen molar-refractivity contribution in [3.05, 3.63) is 56.8 Å². The van der Waals surface area contributed by atoms with Crippen molar-refractivity contribution < 1.29 is 4.79 Å². The van der Waals surface area contributed by atoms with Crippen molar-refractivity contribution in [2.75, 3.05) is 0 Å². The molecular formula is C19H22OS. The van der Waals surface area contributed by atoms with Crippen LogP contribution in [-0.4, -0.2) is 5.78 Å². The van der Waals surface area contributed by atoms with Crippen LogP contribution in [0.5, 0.6) is 0 Å². The number of rotatable bonds is 4. The minimum atomic E-state index is 0.328. The Hall–Kier alpha value is -1.41. The standard InChI is InChI=1S/C19H22OS/c1-12-11-16-18(13(12)2)14(3)21-19(16)17(20)10-9-15-7-5-4-6-8-15/h4-8,12-13H,9-11H2,1-3H3/t12-,13-/m1/s1. The molecule has 21 heavy (non-hydrogen) atoms. The number of carbonyl (C=O) groups excluding carboxylic acids is 1. The Labute approximate surface area is 131 Å². The summed E-state index contributed by atoms with van der Waals surface area (Å²) >= 11 is 1.72. The van der Waals surface area contributed by atoms with Gasteiger partial charge in [0.25, 0.3) is 0 Å². The largest absolute Gasteiger partial charge is 0.293 e. The molecule has 0 fully saturated rings. The summed E-state index contributed by atoms with van der Waals surface area (Å²) in [7, 11) is 0. The van der Waals surface area contributed by atoms with Crippen LogP contribution in [0.4, 0.5) is 0 Å². The first-order valence-corrected chi connectivity index (χ1v) is 8.59. The number of Topliss-reactive ketones (excluding diaryl/α,β-unsaturated/α-hetero) is 1. The van der Waals surface area contributed by atoms with Gasteiger partial charge in [0, 0.05) is 11.3 Å². The van der Waals surface area contributed by atoms with Crippen molar-refractivity contribution in [3.63, 3.8) is 0 Å². The third-order valence-electron chi connectivity index (χ3n) is 4.81. The molecule has 0 amide bonds. The van der Waals surface area contributed by atoms with E-state index in [-0.39, 0.29) is 0 Å². The Morgan fingerprint density at radius 2 is 1.95 bits per heavy atom. The lowest BCUT2D eigenvalue weighted by molar-refractivity contribution is 0.0986. The molecule has 0 saturated heterocycles. The van der Waals surface area contributed by atoms with Gasteiger partial charge in [-0.3, -0.25) is 4.79 Å². The number of hydrogen-bond donors (Lipinski definition) is 0. The van der Waals surface area contributed by atoms with Crippen molar-refractivity contribution in [2.45, 2.75) is 46.0 Å². The van der Waals surface area contributed by atoms with Gasteiger partial charge in [0.1, 0.15) is 0 Å². The summed E-state index contributed by atoms with van der Waals surface area (Å²) in [6.07, 6.45) is 2.54. The molecular weight excluding hydrogens is 276 g/mol. The maximum atomic E-state index is 12.6. The summed E-state index contributed by atoms with van der Waals surface area (Å²) in [5.41, 5.74) is 4.07. The van der Waals surface area contributed by atoms with E-state index in [2.05, 4.69) is 32.9 Å². The predicted octanol–water partition coefficient (Wildman–Crippen LogP) is 5.17. The summed E-state index contributed by atoms with van der Waals surface area (Å²) in [6.45, 7) is 6.77. The zero-order valence-corrected chi connectivity index (χ0v) is 13.8. The number of hydrogen-bond acceptors (Lipinski definition) is 2.